The van der Waals surface area contributed by atoms with Crippen molar-refractivity contribution in [1.82, 2.24) is 10.3 Å². The van der Waals surface area contributed by atoms with Crippen LogP contribution in [-0.4, -0.2) is 29.9 Å². The average Bonchev–Trinajstić information content (AvgIpc) is 2.60. The number of thiazole rings is 1. The Morgan fingerprint density at radius 2 is 2.27 bits per heavy atom. The summed E-state index contributed by atoms with van der Waals surface area (Å²) in [5.41, 5.74) is 5.05. The van der Waals surface area contributed by atoms with Gasteiger partial charge in [0.1, 0.15) is 0 Å². The van der Waals surface area contributed by atoms with Crippen LogP contribution in [0.2, 0.25) is 0 Å². The largest absolute Gasteiger partial charge is 0.346 e. The van der Waals surface area contributed by atoms with Gasteiger partial charge in [-0.3, -0.25) is 9.59 Å². The number of anilines is 1. The molecule has 0 aliphatic carbocycles. The molecule has 0 fully saturated rings. The molecule has 8 heteroatoms. The quantitative estimate of drug-likeness (QED) is 0.723. The van der Waals surface area contributed by atoms with Crippen molar-refractivity contribution in [2.24, 2.45) is 5.73 Å². The van der Waals surface area contributed by atoms with Crippen molar-refractivity contribution in [1.29, 1.82) is 0 Å². The van der Waals surface area contributed by atoms with Crippen molar-refractivity contribution in [3.63, 3.8) is 0 Å². The lowest BCUT2D eigenvalue weighted by molar-refractivity contribution is -0.123. The molecular formula is C7H9BrN4O2S. The van der Waals surface area contributed by atoms with Gasteiger partial charge in [0.05, 0.1) is 23.1 Å². The van der Waals surface area contributed by atoms with E-state index in [4.69, 9.17) is 5.73 Å². The summed E-state index contributed by atoms with van der Waals surface area (Å²) in [6.45, 7) is -0.233. The molecule has 0 atom stereocenters. The second kappa shape index (κ2) is 5.79. The van der Waals surface area contributed by atoms with Crippen LogP contribution in [0.25, 0.3) is 0 Å². The number of hydrogen-bond acceptors (Lipinski definition) is 5. The maximum atomic E-state index is 11.2. The summed E-state index contributed by atoms with van der Waals surface area (Å²) in [6, 6.07) is 0. The molecule has 2 amide bonds. The Balaban J connectivity index is 2.33. The SMILES string of the molecule is NCC(=O)NCC(=O)Nc1ncc(Br)s1. The van der Waals surface area contributed by atoms with Crippen LogP contribution in [0.4, 0.5) is 5.13 Å². The smallest absolute Gasteiger partial charge is 0.245 e. The van der Waals surface area contributed by atoms with E-state index in [-0.39, 0.29) is 24.9 Å². The Hall–Kier alpha value is -0.990. The number of carbonyl (C=O) groups is 2. The summed E-state index contributed by atoms with van der Waals surface area (Å²) in [4.78, 5) is 25.9. The first-order chi connectivity index (χ1) is 7.11. The van der Waals surface area contributed by atoms with E-state index in [1.165, 1.54) is 11.3 Å². The van der Waals surface area contributed by atoms with E-state index in [9.17, 15) is 9.59 Å². The summed E-state index contributed by atoms with van der Waals surface area (Å²) in [5, 5.41) is 5.35. The standard InChI is InChI=1S/C7H9BrN4O2S/c8-4-2-11-7(15-4)12-6(14)3-10-5(13)1-9/h2H,1,3,9H2,(H,10,13)(H,11,12,14). The predicted molar refractivity (Wildman–Crippen MR) is 60.5 cm³/mol. The molecule has 1 aromatic heterocycles. The van der Waals surface area contributed by atoms with E-state index in [1.807, 2.05) is 0 Å². The molecule has 0 aliphatic rings. The fraction of sp³-hybridized carbons (Fsp3) is 0.286. The zero-order chi connectivity index (χ0) is 11.3. The minimum Gasteiger partial charge on any atom is -0.346 e. The van der Waals surface area contributed by atoms with Crippen LogP contribution in [0.5, 0.6) is 0 Å². The van der Waals surface area contributed by atoms with Crippen LogP contribution >= 0.6 is 27.3 Å². The maximum Gasteiger partial charge on any atom is 0.245 e. The van der Waals surface area contributed by atoms with Crippen LogP contribution in [-0.2, 0) is 9.59 Å². The van der Waals surface area contributed by atoms with Crippen LogP contribution < -0.4 is 16.4 Å². The molecule has 82 valence electrons. The lowest BCUT2D eigenvalue weighted by Crippen LogP contribution is -2.36. The molecule has 0 unspecified atom stereocenters. The number of carbonyl (C=O) groups excluding carboxylic acids is 2. The zero-order valence-electron chi connectivity index (χ0n) is 7.62. The lowest BCUT2D eigenvalue weighted by atomic mass is 10.5. The first-order valence-electron chi connectivity index (χ1n) is 3.99. The first-order valence-corrected chi connectivity index (χ1v) is 5.60. The van der Waals surface area contributed by atoms with Gasteiger partial charge >= 0.3 is 0 Å². The summed E-state index contributed by atoms with van der Waals surface area (Å²) in [5.74, 6) is -0.705. The van der Waals surface area contributed by atoms with E-state index in [0.29, 0.717) is 5.13 Å². The highest BCUT2D eigenvalue weighted by molar-refractivity contribution is 9.11. The second-order valence-corrected chi connectivity index (χ2v) is 4.91. The molecule has 4 N–H and O–H groups in total. The van der Waals surface area contributed by atoms with E-state index in [1.54, 1.807) is 6.20 Å². The topological polar surface area (TPSA) is 97.1 Å². The number of nitrogens with two attached hydrogens (primary N) is 1. The Labute approximate surface area is 98.4 Å². The zero-order valence-corrected chi connectivity index (χ0v) is 10.0. The van der Waals surface area contributed by atoms with Crippen LogP contribution in [0.1, 0.15) is 0 Å². The van der Waals surface area contributed by atoms with Crippen molar-refractivity contribution in [3.05, 3.63) is 9.98 Å². The number of halogens is 1. The monoisotopic (exact) mass is 292 g/mol. The van der Waals surface area contributed by atoms with Gasteiger partial charge in [-0.15, -0.1) is 0 Å². The van der Waals surface area contributed by atoms with E-state index in [0.717, 1.165) is 3.79 Å². The summed E-state index contributed by atoms with van der Waals surface area (Å²) < 4.78 is 0.823. The molecule has 0 radical (unpaired) electrons. The number of aromatic nitrogens is 1. The van der Waals surface area contributed by atoms with E-state index >= 15 is 0 Å². The second-order valence-electron chi connectivity index (χ2n) is 2.50. The molecule has 0 saturated heterocycles. The number of hydrogen-bond donors (Lipinski definition) is 3. The number of amides is 2. The van der Waals surface area contributed by atoms with Gasteiger partial charge in [0.15, 0.2) is 5.13 Å². The van der Waals surface area contributed by atoms with Crippen molar-refractivity contribution >= 4 is 44.2 Å². The van der Waals surface area contributed by atoms with Crippen molar-refractivity contribution in [3.8, 4) is 0 Å². The Bertz CT molecular complexity index is 368. The normalized spacial score (nSPS) is 9.73. The fourth-order valence-corrected chi connectivity index (χ4v) is 1.85. The van der Waals surface area contributed by atoms with Crippen LogP contribution in [0.3, 0.4) is 0 Å². The highest BCUT2D eigenvalue weighted by atomic mass is 79.9. The van der Waals surface area contributed by atoms with E-state index < -0.39 is 0 Å². The maximum absolute atomic E-state index is 11.2. The molecule has 6 nitrogen and oxygen atoms in total. The molecule has 0 aromatic carbocycles. The Morgan fingerprint density at radius 3 is 2.80 bits per heavy atom. The number of nitrogens with one attached hydrogen (secondary N) is 2. The summed E-state index contributed by atoms with van der Waals surface area (Å²) >= 11 is 4.51. The minimum atomic E-state index is -0.370. The molecule has 0 bridgehead atoms. The summed E-state index contributed by atoms with van der Waals surface area (Å²) in [7, 11) is 0. The molecular weight excluding hydrogens is 284 g/mol. The predicted octanol–water partition coefficient (Wildman–Crippen LogP) is -0.0810. The third kappa shape index (κ3) is 4.36. The number of nitrogens with zero attached hydrogens (tertiary/aromatic N) is 1. The van der Waals surface area contributed by atoms with Gasteiger partial charge in [-0.1, -0.05) is 11.3 Å². The van der Waals surface area contributed by atoms with Crippen LogP contribution in [0, 0.1) is 0 Å². The van der Waals surface area contributed by atoms with Gasteiger partial charge < -0.3 is 16.4 Å². The molecule has 0 spiro atoms. The van der Waals surface area contributed by atoms with Gasteiger partial charge in [-0.05, 0) is 15.9 Å². The van der Waals surface area contributed by atoms with Crippen molar-refractivity contribution < 1.29 is 9.59 Å². The third-order valence-electron chi connectivity index (χ3n) is 1.36. The first kappa shape index (κ1) is 12.1. The Kier molecular flexibility index (Phi) is 4.66. The number of rotatable bonds is 4. The van der Waals surface area contributed by atoms with Crippen molar-refractivity contribution in [2.75, 3.05) is 18.4 Å². The molecule has 15 heavy (non-hydrogen) atoms. The molecule has 0 saturated carbocycles. The van der Waals surface area contributed by atoms with Gasteiger partial charge in [0.2, 0.25) is 11.8 Å². The minimum absolute atomic E-state index is 0.104. The molecule has 1 heterocycles. The van der Waals surface area contributed by atoms with Crippen molar-refractivity contribution in [2.45, 2.75) is 0 Å². The molecule has 1 aromatic rings. The van der Waals surface area contributed by atoms with Gasteiger partial charge in [0, 0.05) is 0 Å². The molecule has 1 rings (SSSR count). The van der Waals surface area contributed by atoms with Gasteiger partial charge in [-0.25, -0.2) is 4.98 Å². The highest BCUT2D eigenvalue weighted by Gasteiger charge is 2.06. The summed E-state index contributed by atoms with van der Waals surface area (Å²) in [6.07, 6.45) is 1.58. The Morgan fingerprint density at radius 1 is 1.53 bits per heavy atom. The fourth-order valence-electron chi connectivity index (χ4n) is 0.727. The molecule has 0 aliphatic heterocycles. The third-order valence-corrected chi connectivity index (χ3v) is 2.75. The lowest BCUT2D eigenvalue weighted by Gasteiger charge is -2.02. The van der Waals surface area contributed by atoms with Crippen LogP contribution in [0.15, 0.2) is 9.98 Å². The van der Waals surface area contributed by atoms with Gasteiger partial charge in [0.25, 0.3) is 0 Å². The van der Waals surface area contributed by atoms with Gasteiger partial charge in [-0.2, -0.15) is 0 Å². The average molecular weight is 293 g/mol. The van der Waals surface area contributed by atoms with E-state index in [2.05, 4.69) is 31.5 Å². The highest BCUT2D eigenvalue weighted by Crippen LogP contribution is 2.22.